The third kappa shape index (κ3) is 18.5. The van der Waals surface area contributed by atoms with E-state index in [1.54, 1.807) is 28.1 Å². The molecule has 5 rings (SSSR count). The molecule has 13 atom stereocenters. The first-order valence-electron chi connectivity index (χ1n) is 27.4. The number of esters is 1. The number of amides is 5. The van der Waals surface area contributed by atoms with E-state index in [2.05, 4.69) is 17.6 Å². The number of nitrogens with one attached hydrogen (secondary N) is 2. The van der Waals surface area contributed by atoms with Crippen LogP contribution in [0.25, 0.3) is 0 Å². The second-order valence-corrected chi connectivity index (χ2v) is 23.9. The van der Waals surface area contributed by atoms with E-state index in [1.807, 2.05) is 39.0 Å². The van der Waals surface area contributed by atoms with Gasteiger partial charge in [0.2, 0.25) is 11.8 Å². The molecule has 4 N–H and O–H groups in total. The highest BCUT2D eigenvalue weighted by atomic mass is 35.5. The number of ether oxygens (including phenoxy) is 7. The fourth-order valence-electron chi connectivity index (χ4n) is 10.6. The fourth-order valence-corrected chi connectivity index (χ4v) is 11.6. The SMILES string of the molecule is COC1=C(Cl)C2CC(=C1)CC(C)CCC[C@@H](OC)[C@@]1(O)C[C@H](OC(=O)N1)[C@@H](C)[C@@H]1O[C@@]1(C)[C@@H](OC(=O)[C@H](C)N(C)C(=O)CCSC(=O)N(C)CCN(C)C(=O)OC1/C=C/CC(OCC(=O)NCC(C)C)CCC1)CC(O)C2. The van der Waals surface area contributed by atoms with E-state index in [1.165, 1.54) is 35.8 Å². The number of halogens is 1. The van der Waals surface area contributed by atoms with E-state index >= 15 is 0 Å². The van der Waals surface area contributed by atoms with Crippen molar-refractivity contribution in [3.8, 4) is 0 Å². The Morgan fingerprint density at radius 1 is 0.974 bits per heavy atom. The number of carbonyl (C=O) groups excluding carboxylic acids is 6. The van der Waals surface area contributed by atoms with Crippen LogP contribution < -0.4 is 10.6 Å². The van der Waals surface area contributed by atoms with Crippen molar-refractivity contribution in [1.82, 2.24) is 25.3 Å². The Labute approximate surface area is 465 Å². The molecule has 5 unspecified atom stereocenters. The molecule has 0 aromatic heterocycles. The number of aliphatic hydroxyl groups is 2. The first-order valence-corrected chi connectivity index (χ1v) is 28.8. The molecule has 0 spiro atoms. The topological polar surface area (TPSA) is 245 Å². The summed E-state index contributed by atoms with van der Waals surface area (Å²) in [4.78, 5) is 83.0. The van der Waals surface area contributed by atoms with Gasteiger partial charge in [0.1, 0.15) is 48.4 Å². The number of alkyl carbamates (subject to hydrolysis) is 1. The quantitative estimate of drug-likeness (QED) is 0.0494. The van der Waals surface area contributed by atoms with Gasteiger partial charge in [0.05, 0.1) is 30.5 Å². The van der Waals surface area contributed by atoms with Crippen LogP contribution in [-0.2, 0) is 47.5 Å². The van der Waals surface area contributed by atoms with Gasteiger partial charge in [0.15, 0.2) is 5.72 Å². The number of carbonyl (C=O) groups is 6. The Morgan fingerprint density at radius 3 is 2.39 bits per heavy atom. The molecule has 3 aliphatic carbocycles. The minimum Gasteiger partial charge on any atom is -0.496 e. The zero-order valence-electron chi connectivity index (χ0n) is 47.2. The maximum atomic E-state index is 14.1. The molecular formula is C55H88ClN5O15S. The summed E-state index contributed by atoms with van der Waals surface area (Å²) >= 11 is 7.85. The minimum atomic E-state index is -1.73. The second kappa shape index (κ2) is 29.4. The van der Waals surface area contributed by atoms with Crippen LogP contribution in [0.4, 0.5) is 14.4 Å². The molecule has 436 valence electrons. The molecule has 2 aliphatic heterocycles. The van der Waals surface area contributed by atoms with Crippen LogP contribution in [0.2, 0.25) is 0 Å². The van der Waals surface area contributed by atoms with Gasteiger partial charge >= 0.3 is 18.2 Å². The average Bonchev–Trinajstić information content (AvgIpc) is 4.08. The largest absolute Gasteiger partial charge is 0.496 e. The summed E-state index contributed by atoms with van der Waals surface area (Å²) in [5.74, 6) is -0.799. The van der Waals surface area contributed by atoms with Crippen LogP contribution in [0.5, 0.6) is 0 Å². The number of allylic oxidation sites excluding steroid dienone is 3. The lowest BCUT2D eigenvalue weighted by atomic mass is 9.81. The summed E-state index contributed by atoms with van der Waals surface area (Å²) in [6.45, 7) is 12.4. The smallest absolute Gasteiger partial charge is 0.410 e. The van der Waals surface area contributed by atoms with E-state index in [9.17, 15) is 39.0 Å². The monoisotopic (exact) mass is 1130 g/mol. The normalized spacial score (nSPS) is 31.8. The van der Waals surface area contributed by atoms with E-state index in [4.69, 9.17) is 44.8 Å². The molecule has 2 saturated heterocycles. The standard InChI is InChI=1S/C55H88ClN5O15S/c1-33(2)31-57-46(63)32-72-40-16-13-18-41(19-14-17-40)73-52(67)59(7)22-23-60(8)53(68)77-24-21-47(64)61(9)36(5)50(65)75-45-29-39(62)28-38-26-37(27-42(70-10)48(38)56)25-34(3)15-12-20-44(71-11)55(69)30-43(74-51(66)58-55)35(4)49-54(45,6)76-49/h13,18,27,33-36,38-41,43-45,49,62,69H,12,14-17,19-26,28-32H2,1-11H3,(H,57,63)(H,58,66)/b18-13+/t34?,35-,36+,38?,39?,40?,41?,43+,44-,45+,49+,54+,55+/m1/s1. The molecule has 3 fully saturated rings. The molecule has 0 radical (unpaired) electrons. The van der Waals surface area contributed by atoms with Crippen molar-refractivity contribution in [2.24, 2.45) is 23.7 Å². The lowest BCUT2D eigenvalue weighted by Gasteiger charge is -2.43. The lowest BCUT2D eigenvalue weighted by molar-refractivity contribution is -0.162. The lowest BCUT2D eigenvalue weighted by Crippen LogP contribution is -2.64. The van der Waals surface area contributed by atoms with Gasteiger partial charge in [-0.2, -0.15) is 0 Å². The molecule has 0 aromatic carbocycles. The number of thioether (sulfide) groups is 1. The molecule has 4 bridgehead atoms. The Hall–Kier alpha value is -4.12. The van der Waals surface area contributed by atoms with Gasteiger partial charge < -0.3 is 63.4 Å². The predicted molar refractivity (Wildman–Crippen MR) is 290 cm³/mol. The molecule has 0 aromatic rings. The van der Waals surface area contributed by atoms with Crippen LogP contribution in [0, 0.1) is 23.7 Å². The van der Waals surface area contributed by atoms with Crippen molar-refractivity contribution >= 4 is 58.6 Å². The summed E-state index contributed by atoms with van der Waals surface area (Å²) in [6.07, 6.45) is 5.83. The van der Waals surface area contributed by atoms with Gasteiger partial charge in [-0.25, -0.2) is 14.4 Å². The number of aliphatic hydroxyl groups excluding tert-OH is 1. The van der Waals surface area contributed by atoms with Crippen LogP contribution in [0.1, 0.15) is 125 Å². The highest BCUT2D eigenvalue weighted by molar-refractivity contribution is 8.13. The van der Waals surface area contributed by atoms with Crippen molar-refractivity contribution in [2.75, 3.05) is 67.4 Å². The molecular weight excluding hydrogens is 1040 g/mol. The second-order valence-electron chi connectivity index (χ2n) is 22.4. The number of rotatable bonds is 17. The number of epoxide rings is 1. The number of hydrogen-bond acceptors (Lipinski definition) is 16. The zero-order valence-corrected chi connectivity index (χ0v) is 48.8. The third-order valence-electron chi connectivity index (χ3n) is 15.7. The number of fused-ring (bicyclic) bond motifs is 5. The molecule has 77 heavy (non-hydrogen) atoms. The van der Waals surface area contributed by atoms with Gasteiger partial charge in [-0.15, -0.1) is 0 Å². The average molecular weight is 1130 g/mol. The Bertz CT molecular complexity index is 2130. The molecule has 5 amide bonds. The number of nitrogens with zero attached hydrogens (tertiary/aromatic N) is 3. The molecule has 2 heterocycles. The van der Waals surface area contributed by atoms with Crippen molar-refractivity contribution in [1.29, 1.82) is 0 Å². The van der Waals surface area contributed by atoms with Gasteiger partial charge in [0, 0.05) is 84.7 Å². The summed E-state index contributed by atoms with van der Waals surface area (Å²) in [7, 11) is 7.75. The van der Waals surface area contributed by atoms with Gasteiger partial charge in [-0.1, -0.05) is 75.5 Å². The maximum Gasteiger partial charge on any atom is 0.410 e. The van der Waals surface area contributed by atoms with Gasteiger partial charge in [-0.3, -0.25) is 19.7 Å². The van der Waals surface area contributed by atoms with Crippen molar-refractivity contribution < 1.29 is 72.1 Å². The minimum absolute atomic E-state index is 0.00459. The highest BCUT2D eigenvalue weighted by Crippen LogP contribution is 2.50. The Kier molecular flexibility index (Phi) is 24.3. The number of likely N-dealkylation sites (N-methyl/N-ethyl adjacent to an activating group) is 3. The molecule has 22 heteroatoms. The predicted octanol–water partition coefficient (Wildman–Crippen LogP) is 7.03. The van der Waals surface area contributed by atoms with E-state index in [0.717, 1.165) is 49.4 Å². The molecule has 1 saturated carbocycles. The van der Waals surface area contributed by atoms with Gasteiger partial charge in [0.25, 0.3) is 5.24 Å². The number of hydrogen-bond donors (Lipinski definition) is 4. The van der Waals surface area contributed by atoms with E-state index in [0.29, 0.717) is 48.9 Å². The van der Waals surface area contributed by atoms with Crippen molar-refractivity contribution in [2.45, 2.75) is 185 Å². The number of methoxy groups -OCH3 is 2. The van der Waals surface area contributed by atoms with Crippen LogP contribution in [0.3, 0.4) is 0 Å². The van der Waals surface area contributed by atoms with Crippen LogP contribution >= 0.6 is 23.4 Å². The third-order valence-corrected chi connectivity index (χ3v) is 17.1. The first kappa shape index (κ1) is 63.7. The van der Waals surface area contributed by atoms with Crippen LogP contribution in [-0.4, -0.2) is 188 Å². The summed E-state index contributed by atoms with van der Waals surface area (Å²) in [6, 6.07) is -1.07. The zero-order chi connectivity index (χ0) is 56.8. The first-order chi connectivity index (χ1) is 36.4. The van der Waals surface area contributed by atoms with Crippen molar-refractivity contribution in [3.63, 3.8) is 0 Å². The summed E-state index contributed by atoms with van der Waals surface area (Å²) in [5.41, 5.74) is -1.78. The molecule has 5 aliphatic rings. The van der Waals surface area contributed by atoms with E-state index < -0.39 is 84.0 Å². The van der Waals surface area contributed by atoms with Crippen LogP contribution in [0.15, 0.2) is 34.6 Å². The Balaban J connectivity index is 1.14. The van der Waals surface area contributed by atoms with Gasteiger partial charge in [-0.05, 0) is 89.2 Å². The Morgan fingerprint density at radius 2 is 1.69 bits per heavy atom. The van der Waals surface area contributed by atoms with E-state index in [-0.39, 0.29) is 80.2 Å². The van der Waals surface area contributed by atoms with Crippen molar-refractivity contribution in [3.05, 3.63) is 34.6 Å². The maximum absolute atomic E-state index is 14.1. The highest BCUT2D eigenvalue weighted by Gasteiger charge is 2.64. The summed E-state index contributed by atoms with van der Waals surface area (Å²) < 4.78 is 41.4. The molecule has 20 nitrogen and oxygen atoms in total. The fraction of sp³-hybridized carbons (Fsp3) is 0.782. The summed E-state index contributed by atoms with van der Waals surface area (Å²) in [5, 5.41) is 29.4.